The molecular formula is C24H25ClF3N3. The fourth-order valence-electron chi connectivity index (χ4n) is 3.11. The van der Waals surface area contributed by atoms with Gasteiger partial charge >= 0.3 is 6.18 Å². The number of hydrogen-bond donors (Lipinski definition) is 1. The topological polar surface area (TPSA) is 29.9 Å². The molecule has 0 aliphatic carbocycles. The fourth-order valence-corrected chi connectivity index (χ4v) is 3.11. The Balaban J connectivity index is 0.000000514. The zero-order valence-electron chi connectivity index (χ0n) is 17.4. The van der Waals surface area contributed by atoms with E-state index < -0.39 is 11.7 Å². The summed E-state index contributed by atoms with van der Waals surface area (Å²) in [5, 5.41) is 3.11. The highest BCUT2D eigenvalue weighted by atomic mass is 35.5. The molecule has 0 amide bonds. The molecule has 4 rings (SSSR count). The zero-order chi connectivity index (χ0) is 21.6. The predicted octanol–water partition coefficient (Wildman–Crippen LogP) is 6.75. The summed E-state index contributed by atoms with van der Waals surface area (Å²) >= 11 is 0. The molecule has 0 radical (unpaired) electrons. The average Bonchev–Trinajstić information content (AvgIpc) is 3.18. The van der Waals surface area contributed by atoms with Crippen molar-refractivity contribution in [3.05, 3.63) is 84.7 Å². The molecule has 3 nitrogen and oxygen atoms in total. The Hall–Kier alpha value is -2.83. The number of imidazole rings is 1. The van der Waals surface area contributed by atoms with E-state index in [0.717, 1.165) is 42.0 Å². The first kappa shape index (κ1) is 24.4. The molecule has 0 unspecified atom stereocenters. The molecule has 0 aliphatic heterocycles. The van der Waals surface area contributed by atoms with Gasteiger partial charge < -0.3 is 5.32 Å². The third kappa shape index (κ3) is 6.09. The highest BCUT2D eigenvalue weighted by Crippen LogP contribution is 2.32. The third-order valence-electron chi connectivity index (χ3n) is 4.61. The van der Waals surface area contributed by atoms with Crippen LogP contribution in [-0.4, -0.2) is 22.6 Å². The Morgan fingerprint density at radius 2 is 1.52 bits per heavy atom. The fraction of sp³-hybridized carbons (Fsp3) is 0.208. The van der Waals surface area contributed by atoms with E-state index in [-0.39, 0.29) is 12.4 Å². The number of alkyl halides is 3. The van der Waals surface area contributed by atoms with Gasteiger partial charge in [-0.05, 0) is 54.5 Å². The number of hydrogen-bond acceptors (Lipinski definition) is 2. The second-order valence-electron chi connectivity index (χ2n) is 6.69. The molecule has 31 heavy (non-hydrogen) atoms. The predicted molar refractivity (Wildman–Crippen MR) is 123 cm³/mol. The SMILES string of the molecule is CCNCC.Cl.FC(F)(F)c1ccc2c(c1)ncn2-c1cccc(-c2ccccc2)c1. The van der Waals surface area contributed by atoms with Crippen LogP contribution in [0.5, 0.6) is 0 Å². The van der Waals surface area contributed by atoms with Crippen molar-refractivity contribution in [3.8, 4) is 16.8 Å². The van der Waals surface area contributed by atoms with Gasteiger partial charge in [-0.25, -0.2) is 4.98 Å². The molecule has 7 heteroatoms. The third-order valence-corrected chi connectivity index (χ3v) is 4.61. The van der Waals surface area contributed by atoms with Gasteiger partial charge in [0.25, 0.3) is 0 Å². The van der Waals surface area contributed by atoms with E-state index in [0.29, 0.717) is 11.0 Å². The summed E-state index contributed by atoms with van der Waals surface area (Å²) in [6, 6.07) is 21.4. The molecule has 0 atom stereocenters. The highest BCUT2D eigenvalue weighted by Gasteiger charge is 2.30. The molecule has 0 fully saturated rings. The summed E-state index contributed by atoms with van der Waals surface area (Å²) in [4.78, 5) is 4.13. The van der Waals surface area contributed by atoms with E-state index in [1.807, 2.05) is 54.6 Å². The first-order valence-corrected chi connectivity index (χ1v) is 9.85. The summed E-state index contributed by atoms with van der Waals surface area (Å²) < 4.78 is 40.3. The van der Waals surface area contributed by atoms with Gasteiger partial charge in [0.15, 0.2) is 0 Å². The van der Waals surface area contributed by atoms with Gasteiger partial charge in [0.2, 0.25) is 0 Å². The van der Waals surface area contributed by atoms with Crippen molar-refractivity contribution in [2.75, 3.05) is 13.1 Å². The molecule has 4 aromatic rings. The van der Waals surface area contributed by atoms with Crippen LogP contribution in [0.3, 0.4) is 0 Å². The van der Waals surface area contributed by atoms with Crippen molar-refractivity contribution >= 4 is 23.4 Å². The maximum absolute atomic E-state index is 12.9. The Labute approximate surface area is 186 Å². The van der Waals surface area contributed by atoms with Crippen molar-refractivity contribution in [1.29, 1.82) is 0 Å². The average molecular weight is 448 g/mol. The number of halogens is 4. The van der Waals surface area contributed by atoms with Crippen LogP contribution in [-0.2, 0) is 6.18 Å². The maximum Gasteiger partial charge on any atom is 0.416 e. The molecule has 1 heterocycles. The number of rotatable bonds is 4. The van der Waals surface area contributed by atoms with Crippen molar-refractivity contribution < 1.29 is 13.2 Å². The molecule has 0 aliphatic rings. The normalized spacial score (nSPS) is 10.9. The van der Waals surface area contributed by atoms with Crippen molar-refractivity contribution in [1.82, 2.24) is 14.9 Å². The molecular weight excluding hydrogens is 423 g/mol. The summed E-state index contributed by atoms with van der Waals surface area (Å²) in [6.45, 7) is 6.39. The minimum absolute atomic E-state index is 0. The van der Waals surface area contributed by atoms with E-state index >= 15 is 0 Å². The van der Waals surface area contributed by atoms with Gasteiger partial charge in [0.05, 0.1) is 16.6 Å². The Bertz CT molecular complexity index is 1090. The lowest BCUT2D eigenvalue weighted by atomic mass is 10.1. The van der Waals surface area contributed by atoms with E-state index in [4.69, 9.17) is 0 Å². The first-order chi connectivity index (χ1) is 14.4. The molecule has 1 aromatic heterocycles. The second kappa shape index (κ2) is 11.0. The number of nitrogens with zero attached hydrogens (tertiary/aromatic N) is 2. The summed E-state index contributed by atoms with van der Waals surface area (Å²) in [5.74, 6) is 0. The number of benzene rings is 3. The summed E-state index contributed by atoms with van der Waals surface area (Å²) in [5.41, 5.74) is 3.23. The first-order valence-electron chi connectivity index (χ1n) is 9.85. The van der Waals surface area contributed by atoms with Crippen LogP contribution >= 0.6 is 12.4 Å². The summed E-state index contributed by atoms with van der Waals surface area (Å²) in [6.07, 6.45) is -2.82. The Kier molecular flexibility index (Phi) is 8.65. The standard InChI is InChI=1S/C20H13F3N2.C4H11N.ClH/c21-20(22,23)16-9-10-19-18(12-16)24-13-25(19)17-8-4-7-15(11-17)14-5-2-1-3-6-14;1-3-5-4-2;/h1-13H;5H,3-4H2,1-2H3;1H. The molecule has 0 saturated heterocycles. The molecule has 1 N–H and O–H groups in total. The van der Waals surface area contributed by atoms with Crippen LogP contribution in [0.25, 0.3) is 27.8 Å². The molecule has 164 valence electrons. The van der Waals surface area contributed by atoms with Crippen LogP contribution in [0.2, 0.25) is 0 Å². The smallest absolute Gasteiger partial charge is 0.317 e. The molecule has 0 spiro atoms. The second-order valence-corrected chi connectivity index (χ2v) is 6.69. The summed E-state index contributed by atoms with van der Waals surface area (Å²) in [7, 11) is 0. The monoisotopic (exact) mass is 447 g/mol. The lowest BCUT2D eigenvalue weighted by Gasteiger charge is -2.09. The number of nitrogens with one attached hydrogen (secondary N) is 1. The van der Waals surface area contributed by atoms with Crippen molar-refractivity contribution in [2.24, 2.45) is 0 Å². The van der Waals surface area contributed by atoms with Gasteiger partial charge in [-0.2, -0.15) is 13.2 Å². The van der Waals surface area contributed by atoms with Gasteiger partial charge in [-0.3, -0.25) is 4.57 Å². The van der Waals surface area contributed by atoms with Crippen LogP contribution < -0.4 is 5.32 Å². The zero-order valence-corrected chi connectivity index (χ0v) is 18.2. The lowest BCUT2D eigenvalue weighted by Crippen LogP contribution is -2.09. The highest BCUT2D eigenvalue weighted by molar-refractivity contribution is 5.85. The van der Waals surface area contributed by atoms with Crippen molar-refractivity contribution in [2.45, 2.75) is 20.0 Å². The van der Waals surface area contributed by atoms with Crippen LogP contribution in [0, 0.1) is 0 Å². The minimum Gasteiger partial charge on any atom is -0.317 e. The Morgan fingerprint density at radius 3 is 2.13 bits per heavy atom. The van der Waals surface area contributed by atoms with Crippen LogP contribution in [0.15, 0.2) is 79.1 Å². The van der Waals surface area contributed by atoms with Gasteiger partial charge in [-0.1, -0.05) is 56.3 Å². The lowest BCUT2D eigenvalue weighted by molar-refractivity contribution is -0.137. The number of aromatic nitrogens is 2. The van der Waals surface area contributed by atoms with Gasteiger partial charge in [-0.15, -0.1) is 12.4 Å². The molecule has 0 saturated carbocycles. The molecule has 0 bridgehead atoms. The molecule has 3 aromatic carbocycles. The van der Waals surface area contributed by atoms with E-state index in [2.05, 4.69) is 24.1 Å². The van der Waals surface area contributed by atoms with E-state index in [9.17, 15) is 13.2 Å². The minimum atomic E-state index is -4.37. The van der Waals surface area contributed by atoms with Crippen LogP contribution in [0.1, 0.15) is 19.4 Å². The van der Waals surface area contributed by atoms with Crippen molar-refractivity contribution in [3.63, 3.8) is 0 Å². The van der Waals surface area contributed by atoms with E-state index in [1.54, 1.807) is 10.9 Å². The van der Waals surface area contributed by atoms with Gasteiger partial charge in [0, 0.05) is 5.69 Å². The Morgan fingerprint density at radius 1 is 0.839 bits per heavy atom. The van der Waals surface area contributed by atoms with Crippen LogP contribution in [0.4, 0.5) is 13.2 Å². The number of fused-ring (bicyclic) bond motifs is 1. The van der Waals surface area contributed by atoms with Gasteiger partial charge in [0.1, 0.15) is 6.33 Å². The van der Waals surface area contributed by atoms with E-state index in [1.165, 1.54) is 6.07 Å². The maximum atomic E-state index is 12.9. The largest absolute Gasteiger partial charge is 0.416 e. The quantitative estimate of drug-likeness (QED) is 0.375.